The Morgan fingerprint density at radius 1 is 1.38 bits per heavy atom. The minimum Gasteiger partial charge on any atom is -0.454 e. The van der Waals surface area contributed by atoms with Gasteiger partial charge in [-0.3, -0.25) is 0 Å². The molecule has 0 aliphatic heterocycles. The van der Waals surface area contributed by atoms with Gasteiger partial charge in [-0.2, -0.15) is 13.2 Å². The summed E-state index contributed by atoms with van der Waals surface area (Å²) < 4.78 is 44.0. The van der Waals surface area contributed by atoms with Crippen molar-refractivity contribution < 1.29 is 22.4 Å². The fourth-order valence-corrected chi connectivity index (χ4v) is 0.677. The zero-order chi connectivity index (χ0) is 10.1. The van der Waals surface area contributed by atoms with Crippen LogP contribution < -0.4 is 4.74 Å². The Labute approximate surface area is 72.5 Å². The van der Waals surface area contributed by atoms with Crippen molar-refractivity contribution >= 4 is 0 Å². The maximum absolute atomic E-state index is 11.7. The number of rotatable bonds is 2. The molecule has 0 aromatic carbocycles. The summed E-state index contributed by atoms with van der Waals surface area (Å²) in [6, 6.07) is 0. The normalized spacial score (nSPS) is 11.8. The van der Waals surface area contributed by atoms with Crippen LogP contribution in [0.15, 0.2) is 4.52 Å². The average Bonchev–Trinajstić information content (AvgIpc) is 2.29. The number of halogens is 3. The summed E-state index contributed by atoms with van der Waals surface area (Å²) in [6.45, 7) is 1.85. The van der Waals surface area contributed by atoms with Crippen molar-refractivity contribution in [2.45, 2.75) is 20.0 Å². The molecule has 0 unspecified atom stereocenters. The minimum atomic E-state index is -4.35. The Morgan fingerprint density at radius 2 is 2.00 bits per heavy atom. The molecule has 0 saturated heterocycles. The molecule has 3 nitrogen and oxygen atoms in total. The third-order valence-corrected chi connectivity index (χ3v) is 1.48. The first kappa shape index (κ1) is 9.88. The van der Waals surface area contributed by atoms with E-state index in [9.17, 15) is 13.2 Å². The molecule has 6 heteroatoms. The van der Waals surface area contributed by atoms with E-state index in [1.807, 2.05) is 0 Å². The van der Waals surface area contributed by atoms with Gasteiger partial charge in [-0.15, -0.1) is 0 Å². The van der Waals surface area contributed by atoms with Gasteiger partial charge in [0.25, 0.3) is 0 Å². The van der Waals surface area contributed by atoms with Crippen molar-refractivity contribution in [2.24, 2.45) is 0 Å². The van der Waals surface area contributed by atoms with Crippen molar-refractivity contribution in [2.75, 3.05) is 6.61 Å². The summed E-state index contributed by atoms with van der Waals surface area (Å²) in [4.78, 5) is 0. The molecule has 0 bridgehead atoms. The Balaban J connectivity index is 2.60. The van der Waals surface area contributed by atoms with E-state index in [1.165, 1.54) is 0 Å². The van der Waals surface area contributed by atoms with Gasteiger partial charge in [0.15, 0.2) is 6.61 Å². The predicted octanol–water partition coefficient (Wildman–Crippen LogP) is 2.23. The summed E-state index contributed by atoms with van der Waals surface area (Å²) in [5, 5.41) is 3.45. The summed E-state index contributed by atoms with van der Waals surface area (Å²) in [6.07, 6.45) is -4.35. The van der Waals surface area contributed by atoms with Crippen LogP contribution in [0.3, 0.4) is 0 Å². The van der Waals surface area contributed by atoms with Crippen LogP contribution in [0, 0.1) is 13.8 Å². The number of nitrogens with zero attached hydrogens (tertiary/aromatic N) is 1. The van der Waals surface area contributed by atoms with Gasteiger partial charge in [0.1, 0.15) is 0 Å². The third-order valence-electron chi connectivity index (χ3n) is 1.48. The highest BCUT2D eigenvalue weighted by Crippen LogP contribution is 2.23. The molecular formula is C7H8F3NO2. The molecule has 0 aliphatic carbocycles. The van der Waals surface area contributed by atoms with Crippen LogP contribution in [-0.4, -0.2) is 17.9 Å². The maximum atomic E-state index is 11.7. The first-order chi connectivity index (χ1) is 5.90. The predicted molar refractivity (Wildman–Crippen MR) is 37.5 cm³/mol. The van der Waals surface area contributed by atoms with Gasteiger partial charge in [0.05, 0.1) is 11.3 Å². The lowest BCUT2D eigenvalue weighted by Gasteiger charge is -2.05. The first-order valence-corrected chi connectivity index (χ1v) is 3.52. The van der Waals surface area contributed by atoms with Gasteiger partial charge < -0.3 is 9.26 Å². The van der Waals surface area contributed by atoms with Gasteiger partial charge >= 0.3 is 12.1 Å². The van der Waals surface area contributed by atoms with E-state index in [4.69, 9.17) is 0 Å². The fourth-order valence-electron chi connectivity index (χ4n) is 0.677. The largest absolute Gasteiger partial charge is 0.454 e. The van der Waals surface area contributed by atoms with Crippen LogP contribution in [0.2, 0.25) is 0 Å². The van der Waals surface area contributed by atoms with Crippen molar-refractivity contribution in [3.8, 4) is 5.95 Å². The molecule has 0 atom stereocenters. The summed E-state index contributed by atoms with van der Waals surface area (Å²) in [7, 11) is 0. The molecule has 0 saturated carbocycles. The molecule has 1 heterocycles. The van der Waals surface area contributed by atoms with E-state index < -0.39 is 12.8 Å². The number of hydrogen-bond acceptors (Lipinski definition) is 3. The van der Waals surface area contributed by atoms with Gasteiger partial charge in [-0.05, 0) is 13.8 Å². The SMILES string of the molecule is Cc1noc(OCC(F)(F)F)c1C. The standard InChI is InChI=1S/C7H8F3NO2/c1-4-5(2)11-13-6(4)12-3-7(8,9)10/h3H2,1-2H3. The Kier molecular flexibility index (Phi) is 2.49. The Morgan fingerprint density at radius 3 is 2.38 bits per heavy atom. The van der Waals surface area contributed by atoms with Crippen LogP contribution in [-0.2, 0) is 0 Å². The highest BCUT2D eigenvalue weighted by molar-refractivity contribution is 5.24. The molecule has 0 N–H and O–H groups in total. The van der Waals surface area contributed by atoms with E-state index in [2.05, 4.69) is 14.4 Å². The minimum absolute atomic E-state index is 0.171. The zero-order valence-corrected chi connectivity index (χ0v) is 7.10. The van der Waals surface area contributed by atoms with Crippen molar-refractivity contribution in [3.05, 3.63) is 11.3 Å². The van der Waals surface area contributed by atoms with Crippen LogP contribution in [0.1, 0.15) is 11.3 Å². The van der Waals surface area contributed by atoms with E-state index in [0.29, 0.717) is 11.3 Å². The second kappa shape index (κ2) is 3.27. The highest BCUT2D eigenvalue weighted by Gasteiger charge is 2.29. The highest BCUT2D eigenvalue weighted by atomic mass is 19.4. The summed E-state index contributed by atoms with van der Waals surface area (Å²) in [5.41, 5.74) is 1.02. The molecule has 1 rings (SSSR count). The Hall–Kier alpha value is -1.20. The molecule has 1 aromatic heterocycles. The van der Waals surface area contributed by atoms with Crippen LogP contribution >= 0.6 is 0 Å². The van der Waals surface area contributed by atoms with Crippen molar-refractivity contribution in [3.63, 3.8) is 0 Å². The molecule has 1 aromatic rings. The molecule has 13 heavy (non-hydrogen) atoms. The number of hydrogen-bond donors (Lipinski definition) is 0. The number of alkyl halides is 3. The van der Waals surface area contributed by atoms with Gasteiger partial charge in [-0.1, -0.05) is 5.16 Å². The van der Waals surface area contributed by atoms with E-state index in [-0.39, 0.29) is 5.95 Å². The van der Waals surface area contributed by atoms with Gasteiger partial charge in [-0.25, -0.2) is 0 Å². The lowest BCUT2D eigenvalue weighted by Crippen LogP contribution is -2.19. The molecule has 0 aliphatic rings. The van der Waals surface area contributed by atoms with E-state index in [1.54, 1.807) is 13.8 Å². The lowest BCUT2D eigenvalue weighted by molar-refractivity contribution is -0.156. The second-order valence-corrected chi connectivity index (χ2v) is 2.58. The van der Waals surface area contributed by atoms with Gasteiger partial charge in [0.2, 0.25) is 0 Å². The summed E-state index contributed by atoms with van der Waals surface area (Å²) in [5.74, 6) is -0.171. The smallest absolute Gasteiger partial charge is 0.422 e. The monoisotopic (exact) mass is 195 g/mol. The van der Waals surface area contributed by atoms with Crippen LogP contribution in [0.4, 0.5) is 13.2 Å². The Bertz CT molecular complexity index is 292. The summed E-state index contributed by atoms with van der Waals surface area (Å²) >= 11 is 0. The average molecular weight is 195 g/mol. The van der Waals surface area contributed by atoms with E-state index in [0.717, 1.165) is 0 Å². The quantitative estimate of drug-likeness (QED) is 0.725. The lowest BCUT2D eigenvalue weighted by atomic mass is 10.3. The van der Waals surface area contributed by atoms with Crippen molar-refractivity contribution in [1.82, 2.24) is 5.16 Å². The second-order valence-electron chi connectivity index (χ2n) is 2.58. The molecule has 0 fully saturated rings. The van der Waals surface area contributed by atoms with Crippen molar-refractivity contribution in [1.29, 1.82) is 0 Å². The third kappa shape index (κ3) is 2.64. The molecule has 0 spiro atoms. The number of aryl methyl sites for hydroxylation is 1. The fraction of sp³-hybridized carbons (Fsp3) is 0.571. The van der Waals surface area contributed by atoms with E-state index >= 15 is 0 Å². The number of aromatic nitrogens is 1. The zero-order valence-electron chi connectivity index (χ0n) is 7.10. The first-order valence-electron chi connectivity index (χ1n) is 3.52. The molecular weight excluding hydrogens is 187 g/mol. The number of ether oxygens (including phenoxy) is 1. The van der Waals surface area contributed by atoms with Gasteiger partial charge in [0, 0.05) is 0 Å². The molecule has 0 amide bonds. The topological polar surface area (TPSA) is 35.3 Å². The van der Waals surface area contributed by atoms with Crippen LogP contribution in [0.25, 0.3) is 0 Å². The van der Waals surface area contributed by atoms with Crippen LogP contribution in [0.5, 0.6) is 5.95 Å². The molecule has 0 radical (unpaired) electrons. The molecule has 74 valence electrons. The maximum Gasteiger partial charge on any atom is 0.422 e.